The molecule has 3 heterocycles. The van der Waals surface area contributed by atoms with Crippen LogP contribution in [0.15, 0.2) is 76.7 Å². The molecule has 0 radical (unpaired) electrons. The molecule has 3 aliphatic rings. The number of carbonyl (C=O) groups is 3. The van der Waals surface area contributed by atoms with E-state index in [4.69, 9.17) is 4.74 Å². The van der Waals surface area contributed by atoms with Crippen molar-refractivity contribution in [3.8, 4) is 0 Å². The van der Waals surface area contributed by atoms with E-state index in [0.717, 1.165) is 23.3 Å². The van der Waals surface area contributed by atoms with Gasteiger partial charge in [-0.3, -0.25) is 14.5 Å². The Hall–Kier alpha value is -4.01. The molecule has 3 aliphatic heterocycles. The van der Waals surface area contributed by atoms with Crippen molar-refractivity contribution in [2.24, 2.45) is 0 Å². The number of esters is 1. The molecule has 1 N–H and O–H groups in total. The van der Waals surface area contributed by atoms with E-state index in [9.17, 15) is 36.0 Å². The van der Waals surface area contributed by atoms with E-state index in [-0.39, 0.29) is 42.8 Å². The van der Waals surface area contributed by atoms with Gasteiger partial charge in [-0.2, -0.15) is 17.9 Å². The Kier molecular flexibility index (Phi) is 10.8. The van der Waals surface area contributed by atoms with Crippen LogP contribution in [0.3, 0.4) is 0 Å². The van der Waals surface area contributed by atoms with Crippen LogP contribution >= 0.6 is 0 Å². The maximum absolute atomic E-state index is 14.2. The lowest BCUT2D eigenvalue weighted by Crippen LogP contribution is -2.55. The lowest BCUT2D eigenvalue weighted by Gasteiger charge is -2.36. The van der Waals surface area contributed by atoms with E-state index in [1.807, 2.05) is 49.4 Å². The third kappa shape index (κ3) is 8.34. The second-order valence-electron chi connectivity index (χ2n) is 12.4. The molecular weight excluding hydrogens is 649 g/mol. The van der Waals surface area contributed by atoms with Gasteiger partial charge in [-0.05, 0) is 61.4 Å². The van der Waals surface area contributed by atoms with Gasteiger partial charge in [0.15, 0.2) is 0 Å². The van der Waals surface area contributed by atoms with Gasteiger partial charge in [-0.25, -0.2) is 13.2 Å². The normalized spacial score (nSPS) is 19.6. The summed E-state index contributed by atoms with van der Waals surface area (Å²) in [5.41, 5.74) is 3.77. The monoisotopic (exact) mass is 688 g/mol. The number of sulfonamides is 1. The van der Waals surface area contributed by atoms with Gasteiger partial charge in [-0.1, -0.05) is 59.7 Å². The fraction of sp³-hybridized carbons (Fsp3) is 0.441. The van der Waals surface area contributed by atoms with Crippen molar-refractivity contribution in [1.82, 2.24) is 19.4 Å². The van der Waals surface area contributed by atoms with E-state index < -0.39 is 52.6 Å². The van der Waals surface area contributed by atoms with Crippen molar-refractivity contribution in [3.05, 3.63) is 88.5 Å². The molecule has 0 aromatic heterocycles. The topological polar surface area (TPSA) is 116 Å². The summed E-state index contributed by atoms with van der Waals surface area (Å²) in [6.07, 6.45) is -0.133. The van der Waals surface area contributed by atoms with Crippen LogP contribution in [-0.2, 0) is 48.7 Å². The molecule has 0 spiro atoms. The summed E-state index contributed by atoms with van der Waals surface area (Å²) >= 11 is 0. The number of benzene rings is 2. The largest absolute Gasteiger partial charge is 0.471 e. The molecule has 0 saturated heterocycles. The summed E-state index contributed by atoms with van der Waals surface area (Å²) in [6, 6.07) is 11.8. The van der Waals surface area contributed by atoms with E-state index in [0.29, 0.717) is 30.0 Å². The Labute approximate surface area is 278 Å². The molecule has 2 amide bonds. The van der Waals surface area contributed by atoms with E-state index in [1.165, 1.54) is 30.2 Å². The summed E-state index contributed by atoms with van der Waals surface area (Å²) in [4.78, 5) is 42.8. The predicted molar refractivity (Wildman–Crippen MR) is 171 cm³/mol. The first-order valence-corrected chi connectivity index (χ1v) is 17.2. The fourth-order valence-electron chi connectivity index (χ4n) is 6.43. The number of methoxy groups -OCH3 is 1. The molecule has 258 valence electrons. The highest BCUT2D eigenvalue weighted by molar-refractivity contribution is 7.89. The molecule has 2 atom stereocenters. The minimum atomic E-state index is -5.05. The first-order valence-electron chi connectivity index (χ1n) is 15.7. The minimum absolute atomic E-state index is 0.0369. The number of hydrogen-bond donors (Lipinski definition) is 1. The smallest absolute Gasteiger partial charge is 0.467 e. The molecule has 0 unspecified atom stereocenters. The number of nitrogens with zero attached hydrogens (tertiary/aromatic N) is 3. The fourth-order valence-corrected chi connectivity index (χ4v) is 7.67. The lowest BCUT2D eigenvalue weighted by atomic mass is 9.97. The Balaban J connectivity index is 1.41. The van der Waals surface area contributed by atoms with Gasteiger partial charge in [0.25, 0.3) is 0 Å². The number of nitrogens with one attached hydrogen (secondary N) is 1. The highest BCUT2D eigenvalue weighted by Crippen LogP contribution is 2.28. The number of carbonyl (C=O) groups excluding carboxylic acids is 3. The van der Waals surface area contributed by atoms with Crippen LogP contribution in [0.25, 0.3) is 0 Å². The lowest BCUT2D eigenvalue weighted by molar-refractivity contribution is -0.186. The molecule has 0 bridgehead atoms. The molecule has 0 aliphatic carbocycles. The zero-order valence-corrected chi connectivity index (χ0v) is 27.6. The maximum Gasteiger partial charge on any atom is 0.471 e. The van der Waals surface area contributed by atoms with Gasteiger partial charge in [0.05, 0.1) is 12.0 Å². The Morgan fingerprint density at radius 2 is 1.77 bits per heavy atom. The van der Waals surface area contributed by atoms with Crippen LogP contribution in [0, 0.1) is 0 Å². The van der Waals surface area contributed by atoms with Crippen molar-refractivity contribution in [2.45, 2.75) is 68.9 Å². The molecule has 0 saturated carbocycles. The highest BCUT2D eigenvalue weighted by Gasteiger charge is 2.43. The van der Waals surface area contributed by atoms with E-state index >= 15 is 0 Å². The van der Waals surface area contributed by atoms with Crippen LogP contribution in [-0.4, -0.2) is 92.4 Å². The van der Waals surface area contributed by atoms with Gasteiger partial charge in [0, 0.05) is 39.3 Å². The number of alkyl halides is 3. The molecule has 14 heteroatoms. The average Bonchev–Trinajstić information content (AvgIpc) is 3.06. The third-order valence-corrected chi connectivity index (χ3v) is 10.4. The molecule has 48 heavy (non-hydrogen) atoms. The Morgan fingerprint density at radius 1 is 1.02 bits per heavy atom. The van der Waals surface area contributed by atoms with Crippen LogP contribution in [0.1, 0.15) is 42.9 Å². The van der Waals surface area contributed by atoms with Crippen molar-refractivity contribution < 1.29 is 40.7 Å². The van der Waals surface area contributed by atoms with Crippen LogP contribution in [0.4, 0.5) is 13.2 Å². The standard InChI is InChI=1S/C34H39F3N4O6S/c1-23-12-16-41(30(17-23)32(43)47-2)31(42)29(18-25-9-6-14-39(21-25)20-24-7-4-3-5-8-24)38-48(45,46)28-11-10-26-13-15-40(22-27(26)19-28)33(44)34(35,36)37/h3-5,7-12,19,29-30,38H,6,13-18,20-22H2,1-2H3/t29-,30-/m0/s1. The minimum Gasteiger partial charge on any atom is -0.467 e. The summed E-state index contributed by atoms with van der Waals surface area (Å²) in [6.45, 7) is 3.34. The zero-order valence-electron chi connectivity index (χ0n) is 26.8. The number of rotatable bonds is 9. The molecule has 5 rings (SSSR count). The van der Waals surface area contributed by atoms with Gasteiger partial charge in [-0.15, -0.1) is 0 Å². The third-order valence-electron chi connectivity index (χ3n) is 8.93. The van der Waals surface area contributed by atoms with Gasteiger partial charge < -0.3 is 14.5 Å². The summed E-state index contributed by atoms with van der Waals surface area (Å²) in [5.74, 6) is -3.20. The molecule has 2 aromatic rings. The Bertz CT molecular complexity index is 1710. The second kappa shape index (κ2) is 14.6. The average molecular weight is 689 g/mol. The van der Waals surface area contributed by atoms with Crippen LogP contribution in [0.5, 0.6) is 0 Å². The SMILES string of the molecule is COC(=O)[C@@H]1CC(C)=CCN1C(=O)[C@H](CC1=CCCN(Cc2ccccc2)C1)NS(=O)(=O)c1ccc2c(c1)CN(C(=O)C(F)(F)F)CC2. The zero-order chi connectivity index (χ0) is 34.6. The number of hydrogen-bond acceptors (Lipinski definition) is 7. The van der Waals surface area contributed by atoms with E-state index in [1.54, 1.807) is 0 Å². The molecular formula is C34H39F3N4O6S. The van der Waals surface area contributed by atoms with Crippen molar-refractivity contribution in [1.29, 1.82) is 0 Å². The van der Waals surface area contributed by atoms with Crippen LogP contribution in [0.2, 0.25) is 0 Å². The Morgan fingerprint density at radius 3 is 2.48 bits per heavy atom. The quantitative estimate of drug-likeness (QED) is 0.316. The highest BCUT2D eigenvalue weighted by atomic mass is 32.2. The molecule has 10 nitrogen and oxygen atoms in total. The van der Waals surface area contributed by atoms with E-state index in [2.05, 4.69) is 9.62 Å². The van der Waals surface area contributed by atoms with Crippen molar-refractivity contribution in [2.75, 3.05) is 33.3 Å². The number of fused-ring (bicyclic) bond motifs is 1. The maximum atomic E-state index is 14.2. The van der Waals surface area contributed by atoms with Crippen LogP contribution < -0.4 is 4.72 Å². The summed E-state index contributed by atoms with van der Waals surface area (Å²) < 4.78 is 74.7. The summed E-state index contributed by atoms with van der Waals surface area (Å²) in [7, 11) is -3.18. The number of amides is 2. The number of halogens is 3. The predicted octanol–water partition coefficient (Wildman–Crippen LogP) is 3.72. The molecule has 2 aromatic carbocycles. The number of ether oxygens (including phenoxy) is 1. The van der Waals surface area contributed by atoms with Crippen molar-refractivity contribution >= 4 is 27.8 Å². The summed E-state index contributed by atoms with van der Waals surface area (Å²) in [5, 5.41) is 0. The second-order valence-corrected chi connectivity index (χ2v) is 14.1. The molecule has 0 fully saturated rings. The first-order chi connectivity index (χ1) is 22.7. The van der Waals surface area contributed by atoms with Gasteiger partial charge >= 0.3 is 18.1 Å². The van der Waals surface area contributed by atoms with Gasteiger partial charge in [0.2, 0.25) is 15.9 Å². The van der Waals surface area contributed by atoms with Crippen molar-refractivity contribution in [3.63, 3.8) is 0 Å². The first kappa shape index (κ1) is 35.3. The van der Waals surface area contributed by atoms with Gasteiger partial charge in [0.1, 0.15) is 12.1 Å².